The molecule has 0 spiro atoms. The van der Waals surface area contributed by atoms with E-state index in [9.17, 15) is 14.4 Å². The van der Waals surface area contributed by atoms with E-state index in [0.29, 0.717) is 111 Å². The fourth-order valence-electron chi connectivity index (χ4n) is 7.31. The molecule has 2 atom stereocenters. The minimum atomic E-state index is -0.200. The minimum absolute atomic E-state index is 0.0976. The first kappa shape index (κ1) is 40.1. The van der Waals surface area contributed by atoms with Crippen molar-refractivity contribution in [1.29, 1.82) is 0 Å². The summed E-state index contributed by atoms with van der Waals surface area (Å²) < 4.78 is 34.5. The van der Waals surface area contributed by atoms with E-state index in [4.69, 9.17) is 34.0 Å². The first-order valence-corrected chi connectivity index (χ1v) is 18.9. The smallest absolute Gasteiger partial charge is 0.257 e. The lowest BCUT2D eigenvalue weighted by Crippen LogP contribution is -2.42. The molecule has 2 aromatic rings. The third kappa shape index (κ3) is 9.27. The molecule has 2 aromatic carbocycles. The number of aliphatic imine (C=N–C) groups is 1. The van der Waals surface area contributed by atoms with Gasteiger partial charge >= 0.3 is 0 Å². The molecule has 298 valence electrons. The third-order valence-corrected chi connectivity index (χ3v) is 10.1. The third-order valence-electron chi connectivity index (χ3n) is 10.1. The van der Waals surface area contributed by atoms with E-state index in [2.05, 4.69) is 28.2 Å². The Bertz CT molecular complexity index is 1910. The molecule has 4 heterocycles. The number of ether oxygens (including phenoxy) is 6. The largest absolute Gasteiger partial charge is 0.493 e. The van der Waals surface area contributed by atoms with E-state index in [1.165, 1.54) is 7.11 Å². The summed E-state index contributed by atoms with van der Waals surface area (Å²) >= 11 is 0. The summed E-state index contributed by atoms with van der Waals surface area (Å²) in [4.78, 5) is 53.3. The Morgan fingerprint density at radius 2 is 1.46 bits per heavy atom. The molecule has 4 aliphatic heterocycles. The van der Waals surface area contributed by atoms with Crippen LogP contribution in [0.5, 0.6) is 23.0 Å². The van der Waals surface area contributed by atoms with Crippen molar-refractivity contribution in [2.45, 2.75) is 50.6 Å². The van der Waals surface area contributed by atoms with Gasteiger partial charge in [0.05, 0.1) is 94.9 Å². The second-order valence-corrected chi connectivity index (χ2v) is 14.0. The predicted octanol–water partition coefficient (Wildman–Crippen LogP) is 5.67. The van der Waals surface area contributed by atoms with Gasteiger partial charge in [0.15, 0.2) is 23.0 Å². The summed E-state index contributed by atoms with van der Waals surface area (Å²) in [6.07, 6.45) is 5.45. The molecule has 16 heteroatoms. The number of anilines is 1. The highest BCUT2D eigenvalue weighted by Crippen LogP contribution is 2.41. The number of benzene rings is 2. The SMILES string of the molecule is C=C1CC2C=Nc3cc(OCCCCCOc4cc5c(cc4OC)C(=O)N4CC(=C)C[C@H]4CN5C(=O)CCOCCOCCN=[N+]=[N-])c(OC)cc3C(=O)N2C1. The van der Waals surface area contributed by atoms with Crippen LogP contribution in [0, 0.1) is 0 Å². The fraction of sp³-hybridized carbons (Fsp3) is 0.500. The van der Waals surface area contributed by atoms with Crippen LogP contribution in [0.15, 0.2) is 58.7 Å². The highest BCUT2D eigenvalue weighted by Gasteiger charge is 2.40. The summed E-state index contributed by atoms with van der Waals surface area (Å²) in [7, 11) is 3.07. The van der Waals surface area contributed by atoms with Crippen molar-refractivity contribution in [1.82, 2.24) is 9.80 Å². The number of rotatable bonds is 19. The summed E-state index contributed by atoms with van der Waals surface area (Å²) in [6, 6.07) is 6.53. The molecule has 0 saturated carbocycles. The zero-order valence-corrected chi connectivity index (χ0v) is 32.1. The van der Waals surface area contributed by atoms with Gasteiger partial charge in [-0.25, -0.2) is 0 Å². The maximum Gasteiger partial charge on any atom is 0.257 e. The molecule has 56 heavy (non-hydrogen) atoms. The van der Waals surface area contributed by atoms with Crippen LogP contribution in [0.3, 0.4) is 0 Å². The topological polar surface area (TPSA) is 177 Å². The van der Waals surface area contributed by atoms with E-state index in [1.807, 2.05) is 0 Å². The van der Waals surface area contributed by atoms with Gasteiger partial charge in [0.2, 0.25) is 5.91 Å². The Morgan fingerprint density at radius 3 is 2.18 bits per heavy atom. The number of nitrogens with zero attached hydrogens (tertiary/aromatic N) is 7. The molecule has 0 N–H and O–H groups in total. The van der Waals surface area contributed by atoms with Gasteiger partial charge in [-0.1, -0.05) is 29.4 Å². The van der Waals surface area contributed by atoms with Crippen LogP contribution in [-0.4, -0.2) is 126 Å². The van der Waals surface area contributed by atoms with E-state index in [0.717, 1.165) is 24.0 Å². The lowest BCUT2D eigenvalue weighted by molar-refractivity contribution is -0.120. The first-order chi connectivity index (χ1) is 27.2. The van der Waals surface area contributed by atoms with Gasteiger partial charge in [0, 0.05) is 49.4 Å². The second kappa shape index (κ2) is 18.8. The van der Waals surface area contributed by atoms with Gasteiger partial charge in [0.25, 0.3) is 11.8 Å². The normalized spacial score (nSPS) is 18.4. The Kier molecular flexibility index (Phi) is 13.5. The van der Waals surface area contributed by atoms with Crippen LogP contribution in [-0.2, 0) is 14.3 Å². The monoisotopic (exact) mass is 771 g/mol. The zero-order chi connectivity index (χ0) is 39.6. The maximum atomic E-state index is 13.8. The first-order valence-electron chi connectivity index (χ1n) is 18.9. The van der Waals surface area contributed by atoms with Crippen LogP contribution in [0.25, 0.3) is 10.4 Å². The lowest BCUT2D eigenvalue weighted by Gasteiger charge is -2.26. The number of azide groups is 1. The summed E-state index contributed by atoms with van der Waals surface area (Å²) in [6.45, 7) is 11.5. The van der Waals surface area contributed by atoms with Gasteiger partial charge in [-0.15, -0.1) is 0 Å². The van der Waals surface area contributed by atoms with Gasteiger partial charge in [0.1, 0.15) is 0 Å². The lowest BCUT2D eigenvalue weighted by atomic mass is 10.1. The number of fused-ring (bicyclic) bond motifs is 4. The summed E-state index contributed by atoms with van der Waals surface area (Å²) in [5.41, 5.74) is 12.2. The number of carbonyl (C=O) groups excluding carboxylic acids is 3. The van der Waals surface area contributed by atoms with Gasteiger partial charge in [-0.2, -0.15) is 0 Å². The zero-order valence-electron chi connectivity index (χ0n) is 32.1. The molecule has 0 aliphatic carbocycles. The van der Waals surface area contributed by atoms with E-state index >= 15 is 0 Å². The van der Waals surface area contributed by atoms with Crippen molar-refractivity contribution in [2.75, 3.05) is 84.9 Å². The number of amides is 3. The van der Waals surface area contributed by atoms with Crippen molar-refractivity contribution >= 4 is 35.3 Å². The van der Waals surface area contributed by atoms with Crippen LogP contribution >= 0.6 is 0 Å². The highest BCUT2D eigenvalue weighted by molar-refractivity contribution is 6.07. The van der Waals surface area contributed by atoms with Gasteiger partial charge in [-0.05, 0) is 49.8 Å². The van der Waals surface area contributed by atoms with E-state index < -0.39 is 0 Å². The quantitative estimate of drug-likeness (QED) is 0.0573. The fourth-order valence-corrected chi connectivity index (χ4v) is 7.31. The summed E-state index contributed by atoms with van der Waals surface area (Å²) in [5.74, 6) is 1.35. The standard InChI is InChI=1S/C40H49N7O9/c1-26-16-28-22-42-32-20-36(34(51-3)18-30(32)39(49)45(28)23-26)55-10-6-5-7-11-56-37-21-33-31(19-35(37)52-4)40(50)46-24-27(2)17-29(46)25-47(33)38(48)8-12-53-14-15-54-13-9-43-44-41/h18-22,28-29H,1-2,5-17,23-25H2,3-4H3/t28?,29-/m0/s1. The molecule has 4 aliphatic rings. The van der Waals surface area contributed by atoms with Gasteiger partial charge < -0.3 is 43.1 Å². The van der Waals surface area contributed by atoms with Crippen molar-refractivity contribution in [3.8, 4) is 23.0 Å². The Labute approximate surface area is 326 Å². The van der Waals surface area contributed by atoms with E-state index in [-0.39, 0.29) is 56.0 Å². The number of carbonyl (C=O) groups is 3. The van der Waals surface area contributed by atoms with Crippen molar-refractivity contribution < 1.29 is 42.8 Å². The predicted molar refractivity (Wildman–Crippen MR) is 209 cm³/mol. The van der Waals surface area contributed by atoms with Crippen LogP contribution in [0.2, 0.25) is 0 Å². The molecule has 3 amide bonds. The molecule has 16 nitrogen and oxygen atoms in total. The maximum absolute atomic E-state index is 13.8. The minimum Gasteiger partial charge on any atom is -0.493 e. The van der Waals surface area contributed by atoms with Gasteiger partial charge in [-0.3, -0.25) is 19.4 Å². The van der Waals surface area contributed by atoms with Crippen molar-refractivity contribution in [2.24, 2.45) is 10.1 Å². The number of hydrogen-bond donors (Lipinski definition) is 0. The molecular weight excluding hydrogens is 722 g/mol. The summed E-state index contributed by atoms with van der Waals surface area (Å²) in [5, 5.41) is 3.42. The highest BCUT2D eigenvalue weighted by atomic mass is 16.5. The molecule has 0 bridgehead atoms. The average Bonchev–Trinajstić information content (AvgIpc) is 3.71. The molecular formula is C40H49N7O9. The number of unbranched alkanes of at least 4 members (excludes halogenated alkanes) is 2. The number of hydrogen-bond acceptors (Lipinski definition) is 11. The molecule has 0 aromatic heterocycles. The van der Waals surface area contributed by atoms with Crippen molar-refractivity contribution in [3.63, 3.8) is 0 Å². The number of methoxy groups -OCH3 is 2. The van der Waals surface area contributed by atoms with Crippen molar-refractivity contribution in [3.05, 3.63) is 70.1 Å². The van der Waals surface area contributed by atoms with Crippen LogP contribution in [0.4, 0.5) is 11.4 Å². The average molecular weight is 772 g/mol. The molecule has 2 fully saturated rings. The van der Waals surface area contributed by atoms with E-state index in [1.54, 1.807) is 52.3 Å². The van der Waals surface area contributed by atoms with Crippen LogP contribution in [0.1, 0.15) is 59.2 Å². The molecule has 1 unspecified atom stereocenters. The Balaban J connectivity index is 1.04. The second-order valence-electron chi connectivity index (χ2n) is 14.0. The molecule has 6 rings (SSSR count). The molecule has 0 radical (unpaired) electrons. The van der Waals surface area contributed by atoms with Crippen LogP contribution < -0.4 is 23.8 Å². The Morgan fingerprint density at radius 1 is 0.821 bits per heavy atom. The molecule has 2 saturated heterocycles. The Hall–Kier alpha value is -5.57.